The minimum Gasteiger partial charge on any atom is -0.382 e. The van der Waals surface area contributed by atoms with Crippen LogP contribution in [0.5, 0.6) is 0 Å². The quantitative estimate of drug-likeness (QED) is 0.756. The lowest BCUT2D eigenvalue weighted by atomic mass is 10.2. The number of thiazole rings is 1. The fraction of sp³-hybridized carbons (Fsp3) is 0.250. The number of hydrogen-bond donors (Lipinski definition) is 2. The van der Waals surface area contributed by atoms with Crippen LogP contribution in [0.3, 0.4) is 0 Å². The van der Waals surface area contributed by atoms with Gasteiger partial charge in [0.2, 0.25) is 0 Å². The Labute approximate surface area is 124 Å². The van der Waals surface area contributed by atoms with Gasteiger partial charge in [0.1, 0.15) is 10.8 Å². The summed E-state index contributed by atoms with van der Waals surface area (Å²) in [6.07, 6.45) is 3.71. The lowest BCUT2D eigenvalue weighted by Crippen LogP contribution is -2.10. The van der Waals surface area contributed by atoms with E-state index in [-0.39, 0.29) is 0 Å². The van der Waals surface area contributed by atoms with E-state index in [1.165, 1.54) is 11.5 Å². The molecule has 6 nitrogen and oxygen atoms in total. The zero-order valence-electron chi connectivity index (χ0n) is 10.9. The fourth-order valence-corrected chi connectivity index (χ4v) is 3.22. The molecule has 0 amide bonds. The van der Waals surface area contributed by atoms with Crippen LogP contribution < -0.4 is 11.1 Å². The van der Waals surface area contributed by atoms with Crippen LogP contribution in [-0.2, 0) is 6.54 Å². The predicted molar refractivity (Wildman–Crippen MR) is 83.1 cm³/mol. The van der Waals surface area contributed by atoms with Gasteiger partial charge in [0, 0.05) is 24.3 Å². The molecule has 0 spiro atoms. The lowest BCUT2D eigenvalue weighted by molar-refractivity contribution is 0.638. The first-order valence-corrected chi connectivity index (χ1v) is 7.78. The summed E-state index contributed by atoms with van der Waals surface area (Å²) in [6.45, 7) is 3.54. The average molecular weight is 306 g/mol. The summed E-state index contributed by atoms with van der Waals surface area (Å²) in [5, 5.41) is 11.5. The molecule has 3 aromatic heterocycles. The molecule has 0 fully saturated rings. The van der Waals surface area contributed by atoms with Crippen molar-refractivity contribution >= 4 is 33.7 Å². The summed E-state index contributed by atoms with van der Waals surface area (Å²) in [4.78, 5) is 4.48. The lowest BCUT2D eigenvalue weighted by Gasteiger charge is -2.06. The number of nitrogens with zero attached hydrogens (tertiary/aromatic N) is 4. The summed E-state index contributed by atoms with van der Waals surface area (Å²) in [5.41, 5.74) is 7.75. The number of hydrogen-bond acceptors (Lipinski definition) is 7. The highest BCUT2D eigenvalue weighted by Crippen LogP contribution is 2.36. The molecule has 0 saturated carbocycles. The van der Waals surface area contributed by atoms with Crippen molar-refractivity contribution in [3.63, 3.8) is 0 Å². The summed E-state index contributed by atoms with van der Waals surface area (Å²) in [5.74, 6) is 0.530. The third-order valence-corrected chi connectivity index (χ3v) is 4.37. The molecule has 0 aliphatic carbocycles. The molecule has 104 valence electrons. The van der Waals surface area contributed by atoms with Gasteiger partial charge in [0.15, 0.2) is 0 Å². The maximum absolute atomic E-state index is 5.96. The van der Waals surface area contributed by atoms with Gasteiger partial charge >= 0.3 is 0 Å². The van der Waals surface area contributed by atoms with E-state index in [1.54, 1.807) is 17.5 Å². The van der Waals surface area contributed by atoms with Gasteiger partial charge in [-0.05, 0) is 24.5 Å². The molecule has 8 heteroatoms. The molecule has 20 heavy (non-hydrogen) atoms. The van der Waals surface area contributed by atoms with Gasteiger partial charge in [-0.1, -0.05) is 0 Å². The second-order valence-electron chi connectivity index (χ2n) is 4.22. The van der Waals surface area contributed by atoms with E-state index in [2.05, 4.69) is 19.8 Å². The van der Waals surface area contributed by atoms with Crippen molar-refractivity contribution in [2.45, 2.75) is 13.5 Å². The van der Waals surface area contributed by atoms with Crippen molar-refractivity contribution in [1.82, 2.24) is 19.1 Å². The van der Waals surface area contributed by atoms with Crippen LogP contribution >= 0.6 is 22.9 Å². The molecule has 0 unspecified atom stereocenters. The number of anilines is 2. The third-order valence-electron chi connectivity index (χ3n) is 2.78. The molecular weight excluding hydrogens is 292 g/mol. The standard InChI is InChI=1S/C12H14N6S2/c1-8-16-9(7-19-8)10-11(13)17-20-12(10)14-4-6-18-5-2-3-15-18/h2-3,5,7,14H,4,6H2,1H3,(H2,13,17). The highest BCUT2D eigenvalue weighted by atomic mass is 32.1. The molecule has 0 radical (unpaired) electrons. The van der Waals surface area contributed by atoms with Crippen molar-refractivity contribution in [3.8, 4) is 11.3 Å². The summed E-state index contributed by atoms with van der Waals surface area (Å²) >= 11 is 2.98. The zero-order valence-corrected chi connectivity index (χ0v) is 12.5. The second-order valence-corrected chi connectivity index (χ2v) is 6.06. The maximum Gasteiger partial charge on any atom is 0.148 e. The first kappa shape index (κ1) is 13.1. The Morgan fingerprint density at radius 3 is 3.05 bits per heavy atom. The zero-order chi connectivity index (χ0) is 13.9. The van der Waals surface area contributed by atoms with Gasteiger partial charge in [-0.3, -0.25) is 4.68 Å². The molecule has 3 N–H and O–H groups in total. The van der Waals surface area contributed by atoms with Crippen molar-refractivity contribution in [3.05, 3.63) is 28.8 Å². The van der Waals surface area contributed by atoms with Crippen molar-refractivity contribution < 1.29 is 0 Å². The summed E-state index contributed by atoms with van der Waals surface area (Å²) < 4.78 is 6.10. The van der Waals surface area contributed by atoms with Gasteiger partial charge in [0.25, 0.3) is 0 Å². The number of aryl methyl sites for hydroxylation is 1. The molecule has 0 aliphatic rings. The van der Waals surface area contributed by atoms with Crippen LogP contribution in [0.2, 0.25) is 0 Å². The highest BCUT2D eigenvalue weighted by molar-refractivity contribution is 7.11. The van der Waals surface area contributed by atoms with Crippen LogP contribution in [0.25, 0.3) is 11.3 Å². The molecule has 3 heterocycles. The number of nitrogen functional groups attached to an aromatic ring is 1. The van der Waals surface area contributed by atoms with Crippen LogP contribution in [0.15, 0.2) is 23.8 Å². The summed E-state index contributed by atoms with van der Waals surface area (Å²) in [6, 6.07) is 1.91. The van der Waals surface area contributed by atoms with Crippen LogP contribution in [-0.4, -0.2) is 25.7 Å². The number of nitrogens with one attached hydrogen (secondary N) is 1. The number of nitrogens with two attached hydrogens (primary N) is 1. The van der Waals surface area contributed by atoms with Gasteiger partial charge in [-0.15, -0.1) is 11.3 Å². The van der Waals surface area contributed by atoms with Crippen LogP contribution in [0.4, 0.5) is 10.8 Å². The van der Waals surface area contributed by atoms with Crippen molar-refractivity contribution in [1.29, 1.82) is 0 Å². The van der Waals surface area contributed by atoms with E-state index in [4.69, 9.17) is 5.73 Å². The first-order valence-electron chi connectivity index (χ1n) is 6.13. The minimum absolute atomic E-state index is 0.530. The normalized spacial score (nSPS) is 10.8. The Bertz CT molecular complexity index is 685. The first-order chi connectivity index (χ1) is 9.74. The molecule has 0 aromatic carbocycles. The topological polar surface area (TPSA) is 81.6 Å². The van der Waals surface area contributed by atoms with Gasteiger partial charge in [0.05, 0.1) is 22.8 Å². The van der Waals surface area contributed by atoms with E-state index in [0.717, 1.165) is 34.4 Å². The van der Waals surface area contributed by atoms with E-state index in [0.29, 0.717) is 5.82 Å². The number of aromatic nitrogens is 4. The molecule has 0 aliphatic heterocycles. The Morgan fingerprint density at radius 2 is 2.35 bits per heavy atom. The Balaban J connectivity index is 1.74. The number of rotatable bonds is 5. The van der Waals surface area contributed by atoms with Gasteiger partial charge < -0.3 is 11.1 Å². The fourth-order valence-electron chi connectivity index (χ4n) is 1.87. The minimum atomic E-state index is 0.530. The van der Waals surface area contributed by atoms with Crippen molar-refractivity contribution in [2.75, 3.05) is 17.6 Å². The monoisotopic (exact) mass is 306 g/mol. The molecule has 3 aromatic rings. The van der Waals surface area contributed by atoms with Gasteiger partial charge in [-0.2, -0.15) is 9.47 Å². The predicted octanol–water partition coefficient (Wildman–Crippen LogP) is 2.47. The average Bonchev–Trinajstić information content (AvgIpc) is 3.12. The molecular formula is C12H14N6S2. The Kier molecular flexibility index (Phi) is 3.66. The molecule has 3 rings (SSSR count). The Hall–Kier alpha value is -1.93. The molecule has 0 saturated heterocycles. The Morgan fingerprint density at radius 1 is 1.45 bits per heavy atom. The van der Waals surface area contributed by atoms with E-state index in [1.807, 2.05) is 29.2 Å². The van der Waals surface area contributed by atoms with E-state index >= 15 is 0 Å². The van der Waals surface area contributed by atoms with Crippen molar-refractivity contribution in [2.24, 2.45) is 0 Å². The van der Waals surface area contributed by atoms with E-state index < -0.39 is 0 Å². The molecule has 0 bridgehead atoms. The highest BCUT2D eigenvalue weighted by Gasteiger charge is 2.15. The van der Waals surface area contributed by atoms with E-state index in [9.17, 15) is 0 Å². The largest absolute Gasteiger partial charge is 0.382 e. The third kappa shape index (κ3) is 2.66. The maximum atomic E-state index is 5.96. The summed E-state index contributed by atoms with van der Waals surface area (Å²) in [7, 11) is 0. The smallest absolute Gasteiger partial charge is 0.148 e. The second kappa shape index (κ2) is 5.59. The van der Waals surface area contributed by atoms with Crippen LogP contribution in [0, 0.1) is 6.92 Å². The SMILES string of the molecule is Cc1nc(-c2c(N)nsc2NCCn2cccn2)cs1. The van der Waals surface area contributed by atoms with Gasteiger partial charge in [-0.25, -0.2) is 4.98 Å². The van der Waals surface area contributed by atoms with Crippen LogP contribution in [0.1, 0.15) is 5.01 Å². The molecule has 0 atom stereocenters.